The van der Waals surface area contributed by atoms with E-state index in [-0.39, 0.29) is 11.9 Å². The second-order valence-corrected chi connectivity index (χ2v) is 8.96. The summed E-state index contributed by atoms with van der Waals surface area (Å²) in [7, 11) is 0. The monoisotopic (exact) mass is 475 g/mol. The number of fused-ring (bicyclic) bond motifs is 2. The van der Waals surface area contributed by atoms with E-state index in [2.05, 4.69) is 41.7 Å². The van der Waals surface area contributed by atoms with Crippen molar-refractivity contribution in [1.29, 1.82) is 0 Å². The van der Waals surface area contributed by atoms with Crippen LogP contribution in [0.5, 0.6) is 5.75 Å². The molecule has 4 nitrogen and oxygen atoms in total. The lowest BCUT2D eigenvalue weighted by atomic mass is 9.97. The fourth-order valence-corrected chi connectivity index (χ4v) is 4.57. The molecule has 0 radical (unpaired) electrons. The van der Waals surface area contributed by atoms with Crippen LogP contribution < -0.4 is 10.1 Å². The van der Waals surface area contributed by atoms with Gasteiger partial charge in [-0.05, 0) is 60.4 Å². The SMILES string of the molecule is CCOc1cc2occ(-c3ccc4ccccc4c3)c2cc1/C(C)=C/C(=O)NC(C)c1ccccc1. The number of benzene rings is 4. The first-order valence-electron chi connectivity index (χ1n) is 12.2. The van der Waals surface area contributed by atoms with Crippen LogP contribution in [0.2, 0.25) is 0 Å². The number of furan rings is 1. The summed E-state index contributed by atoms with van der Waals surface area (Å²) in [5.41, 5.74) is 5.60. The summed E-state index contributed by atoms with van der Waals surface area (Å²) in [4.78, 5) is 12.9. The maximum absolute atomic E-state index is 12.9. The maximum Gasteiger partial charge on any atom is 0.244 e. The van der Waals surface area contributed by atoms with Gasteiger partial charge in [-0.1, -0.05) is 66.7 Å². The molecule has 0 aliphatic rings. The van der Waals surface area contributed by atoms with Crippen molar-refractivity contribution in [1.82, 2.24) is 5.32 Å². The Bertz CT molecular complexity index is 1560. The Labute approximate surface area is 211 Å². The zero-order chi connectivity index (χ0) is 25.1. The quantitative estimate of drug-likeness (QED) is 0.243. The Balaban J connectivity index is 1.51. The van der Waals surface area contributed by atoms with Gasteiger partial charge in [-0.15, -0.1) is 0 Å². The van der Waals surface area contributed by atoms with Crippen molar-refractivity contribution in [3.8, 4) is 16.9 Å². The molecule has 0 bridgehead atoms. The highest BCUT2D eigenvalue weighted by molar-refractivity contribution is 6.01. The Kier molecular flexibility index (Phi) is 6.59. The van der Waals surface area contributed by atoms with Crippen LogP contribution in [0.15, 0.2) is 102 Å². The summed E-state index contributed by atoms with van der Waals surface area (Å²) in [6, 6.07) is 28.6. The van der Waals surface area contributed by atoms with Crippen LogP contribution in [0.25, 0.3) is 38.4 Å². The fourth-order valence-electron chi connectivity index (χ4n) is 4.57. The Hall–Kier alpha value is -4.31. The third-order valence-corrected chi connectivity index (χ3v) is 6.47. The van der Waals surface area contributed by atoms with Crippen LogP contribution in [0.4, 0.5) is 0 Å². The van der Waals surface area contributed by atoms with E-state index in [0.29, 0.717) is 12.4 Å². The molecule has 1 amide bonds. The highest BCUT2D eigenvalue weighted by Gasteiger charge is 2.16. The van der Waals surface area contributed by atoms with Crippen molar-refractivity contribution in [3.63, 3.8) is 0 Å². The molecule has 1 atom stereocenters. The summed E-state index contributed by atoms with van der Waals surface area (Å²) in [5.74, 6) is 0.551. The van der Waals surface area contributed by atoms with Gasteiger partial charge in [0.25, 0.3) is 0 Å². The van der Waals surface area contributed by atoms with Crippen LogP contribution in [0.3, 0.4) is 0 Å². The van der Waals surface area contributed by atoms with Gasteiger partial charge in [0.2, 0.25) is 5.91 Å². The van der Waals surface area contributed by atoms with Crippen molar-refractivity contribution >= 4 is 33.2 Å². The molecule has 5 rings (SSSR count). The molecule has 0 aliphatic carbocycles. The van der Waals surface area contributed by atoms with E-state index in [1.54, 1.807) is 12.3 Å². The van der Waals surface area contributed by atoms with Gasteiger partial charge in [-0.2, -0.15) is 0 Å². The fraction of sp³-hybridized carbons (Fsp3) is 0.156. The lowest BCUT2D eigenvalue weighted by Crippen LogP contribution is -2.24. The van der Waals surface area contributed by atoms with Crippen LogP contribution in [-0.2, 0) is 4.79 Å². The van der Waals surface area contributed by atoms with Gasteiger partial charge in [0.15, 0.2) is 0 Å². The first kappa shape index (κ1) is 23.4. The van der Waals surface area contributed by atoms with Gasteiger partial charge >= 0.3 is 0 Å². The molecule has 180 valence electrons. The van der Waals surface area contributed by atoms with Crippen molar-refractivity contribution in [2.45, 2.75) is 26.8 Å². The van der Waals surface area contributed by atoms with Gasteiger partial charge in [0.05, 0.1) is 18.9 Å². The van der Waals surface area contributed by atoms with E-state index >= 15 is 0 Å². The average Bonchev–Trinajstić information content (AvgIpc) is 3.31. The molecule has 0 spiro atoms. The van der Waals surface area contributed by atoms with Gasteiger partial charge in [0.1, 0.15) is 11.3 Å². The Morgan fingerprint density at radius 3 is 2.50 bits per heavy atom. The summed E-state index contributed by atoms with van der Waals surface area (Å²) >= 11 is 0. The molecule has 0 fully saturated rings. The molecule has 36 heavy (non-hydrogen) atoms. The number of amides is 1. The molecule has 0 aliphatic heterocycles. The largest absolute Gasteiger partial charge is 0.493 e. The minimum absolute atomic E-state index is 0.0926. The molecule has 0 saturated heterocycles. The van der Waals surface area contributed by atoms with Crippen LogP contribution in [0, 0.1) is 0 Å². The standard InChI is InChI=1S/C32H29NO3/c1-4-35-30-19-31-28(29(20-36-31)26-15-14-24-12-8-9-13-25(24)17-26)18-27(30)21(2)16-32(34)33-22(3)23-10-6-5-7-11-23/h5-20,22H,4H2,1-3H3,(H,33,34)/b21-16+. The van der Waals surface area contributed by atoms with Gasteiger partial charge in [-0.3, -0.25) is 4.79 Å². The second kappa shape index (κ2) is 10.1. The number of carbonyl (C=O) groups excluding carboxylic acids is 1. The molecule has 4 heteroatoms. The van der Waals surface area contributed by atoms with E-state index in [1.807, 2.05) is 69.3 Å². The molecular weight excluding hydrogens is 446 g/mol. The van der Waals surface area contributed by atoms with Crippen molar-refractivity contribution < 1.29 is 13.9 Å². The molecule has 0 saturated carbocycles. The smallest absolute Gasteiger partial charge is 0.244 e. The van der Waals surface area contributed by atoms with Crippen LogP contribution in [0.1, 0.15) is 37.9 Å². The minimum atomic E-state index is -0.145. The lowest BCUT2D eigenvalue weighted by Gasteiger charge is -2.14. The third kappa shape index (κ3) is 4.76. The normalized spacial score (nSPS) is 12.6. The molecule has 5 aromatic rings. The van der Waals surface area contributed by atoms with Gasteiger partial charge in [-0.25, -0.2) is 0 Å². The number of allylic oxidation sites excluding steroid dienone is 1. The topological polar surface area (TPSA) is 51.5 Å². The average molecular weight is 476 g/mol. The van der Waals surface area contributed by atoms with Crippen LogP contribution in [-0.4, -0.2) is 12.5 Å². The zero-order valence-electron chi connectivity index (χ0n) is 20.7. The van der Waals surface area contributed by atoms with E-state index in [0.717, 1.165) is 38.8 Å². The molecule has 1 N–H and O–H groups in total. The zero-order valence-corrected chi connectivity index (χ0v) is 20.7. The Morgan fingerprint density at radius 1 is 0.972 bits per heavy atom. The predicted octanol–water partition coefficient (Wildman–Crippen LogP) is 7.93. The van der Waals surface area contributed by atoms with Crippen LogP contribution >= 0.6 is 0 Å². The first-order chi connectivity index (χ1) is 17.5. The highest BCUT2D eigenvalue weighted by atomic mass is 16.5. The molecule has 1 heterocycles. The van der Waals surface area contributed by atoms with Crippen molar-refractivity contribution in [2.24, 2.45) is 0 Å². The second-order valence-electron chi connectivity index (χ2n) is 8.96. The number of rotatable bonds is 7. The van der Waals surface area contributed by atoms with Gasteiger partial charge in [0, 0.05) is 28.7 Å². The third-order valence-electron chi connectivity index (χ3n) is 6.47. The summed E-state index contributed by atoms with van der Waals surface area (Å²) in [6.45, 7) is 6.38. The molecule has 4 aromatic carbocycles. The number of carbonyl (C=O) groups is 1. The van der Waals surface area contributed by atoms with Gasteiger partial charge < -0.3 is 14.5 Å². The first-order valence-corrected chi connectivity index (χ1v) is 12.2. The number of hydrogen-bond donors (Lipinski definition) is 1. The summed E-state index contributed by atoms with van der Waals surface area (Å²) < 4.78 is 11.9. The highest BCUT2D eigenvalue weighted by Crippen LogP contribution is 2.38. The lowest BCUT2D eigenvalue weighted by molar-refractivity contribution is -0.117. The van der Waals surface area contributed by atoms with Crippen molar-refractivity contribution in [3.05, 3.63) is 108 Å². The summed E-state index contributed by atoms with van der Waals surface area (Å²) in [6.07, 6.45) is 3.43. The molecular formula is C32H29NO3. The maximum atomic E-state index is 12.9. The van der Waals surface area contributed by atoms with E-state index < -0.39 is 0 Å². The number of hydrogen-bond acceptors (Lipinski definition) is 3. The number of ether oxygens (including phenoxy) is 1. The molecule has 1 unspecified atom stereocenters. The Morgan fingerprint density at radius 2 is 1.72 bits per heavy atom. The summed E-state index contributed by atoms with van der Waals surface area (Å²) in [5, 5.41) is 6.41. The van der Waals surface area contributed by atoms with E-state index in [4.69, 9.17) is 9.15 Å². The minimum Gasteiger partial charge on any atom is -0.493 e. The van der Waals surface area contributed by atoms with E-state index in [9.17, 15) is 4.79 Å². The van der Waals surface area contributed by atoms with E-state index in [1.165, 1.54) is 10.8 Å². The number of nitrogens with one attached hydrogen (secondary N) is 1. The predicted molar refractivity (Wildman–Crippen MR) is 147 cm³/mol. The van der Waals surface area contributed by atoms with Crippen molar-refractivity contribution in [2.75, 3.05) is 6.61 Å². The molecule has 1 aromatic heterocycles.